The quantitative estimate of drug-likeness (QED) is 0.186. The van der Waals surface area contributed by atoms with Crippen LogP contribution in [-0.4, -0.2) is 62.8 Å². The van der Waals surface area contributed by atoms with Gasteiger partial charge in [-0.25, -0.2) is 0 Å². The van der Waals surface area contributed by atoms with Crippen LogP contribution >= 0.6 is 0 Å². The van der Waals surface area contributed by atoms with Gasteiger partial charge in [-0.15, -0.1) is 21.9 Å². The maximum Gasteiger partial charge on any atom is 0.136 e. The standard InChI is InChI=1S/C50H20B8O2/c51-43-39-37(28-19-32-34(25-13-5-3-11-23(25)28)27-15-7-8-16-30(27)59-32)40-42(46(54)50(58)48(56)44(40)52)38(41(39)45(53)49(57)47(43)55)29-20-33-36(26-14-6-4-12-24(26)29)35-22-10-2-1-9-21(22)17-18-31(35)60-33/h1-20H. The first-order valence-corrected chi connectivity index (χ1v) is 19.5. The van der Waals surface area contributed by atoms with Gasteiger partial charge in [-0.05, 0) is 100 Å². The zero-order chi connectivity index (χ0) is 40.9. The molecule has 0 unspecified atom stereocenters. The Morgan fingerprint density at radius 3 is 1.18 bits per heavy atom. The summed E-state index contributed by atoms with van der Waals surface area (Å²) in [5.41, 5.74) is 6.96. The zero-order valence-electron chi connectivity index (χ0n) is 32.0. The highest BCUT2D eigenvalue weighted by atomic mass is 16.3. The molecule has 0 aliphatic carbocycles. The molecule has 0 N–H and O–H groups in total. The number of hydrogen-bond acceptors (Lipinski definition) is 2. The summed E-state index contributed by atoms with van der Waals surface area (Å²) >= 11 is 0. The van der Waals surface area contributed by atoms with E-state index in [1.807, 2.05) is 72.8 Å². The van der Waals surface area contributed by atoms with E-state index in [9.17, 15) is 0 Å². The van der Waals surface area contributed by atoms with Crippen molar-refractivity contribution in [2.45, 2.75) is 0 Å². The number of furan rings is 2. The average Bonchev–Trinajstić information content (AvgIpc) is 3.86. The van der Waals surface area contributed by atoms with E-state index in [0.29, 0.717) is 43.8 Å². The lowest BCUT2D eigenvalue weighted by atomic mass is 9.59. The molecule has 16 radical (unpaired) electrons. The Morgan fingerprint density at radius 2 is 0.650 bits per heavy atom. The molecule has 12 aromatic rings. The molecule has 0 atom stereocenters. The van der Waals surface area contributed by atoms with E-state index in [1.54, 1.807) is 0 Å². The summed E-state index contributed by atoms with van der Waals surface area (Å²) in [5, 5.41) is 12.0. The number of para-hydroxylation sites is 1. The van der Waals surface area contributed by atoms with E-state index in [1.165, 1.54) is 0 Å². The van der Waals surface area contributed by atoms with Gasteiger partial charge in [0.05, 0.1) is 0 Å². The van der Waals surface area contributed by atoms with Crippen LogP contribution in [0.5, 0.6) is 0 Å². The molecule has 256 valence electrons. The second-order valence-electron chi connectivity index (χ2n) is 15.6. The van der Waals surface area contributed by atoms with E-state index < -0.39 is 0 Å². The van der Waals surface area contributed by atoms with Crippen LogP contribution < -0.4 is 43.7 Å². The normalized spacial score (nSPS) is 12.2. The number of rotatable bonds is 2. The van der Waals surface area contributed by atoms with Gasteiger partial charge < -0.3 is 8.83 Å². The Hall–Kier alpha value is -6.38. The van der Waals surface area contributed by atoms with Crippen molar-refractivity contribution in [2.75, 3.05) is 0 Å². The topological polar surface area (TPSA) is 26.3 Å². The van der Waals surface area contributed by atoms with Gasteiger partial charge in [0.1, 0.15) is 85.1 Å². The van der Waals surface area contributed by atoms with Crippen LogP contribution in [0, 0.1) is 0 Å². The van der Waals surface area contributed by atoms with E-state index in [4.69, 9.17) is 71.6 Å². The third kappa shape index (κ3) is 4.54. The summed E-state index contributed by atoms with van der Waals surface area (Å²) in [4.78, 5) is 0. The molecule has 0 aliphatic rings. The Balaban J connectivity index is 1.35. The van der Waals surface area contributed by atoms with Crippen molar-refractivity contribution in [1.82, 2.24) is 0 Å². The van der Waals surface area contributed by atoms with Gasteiger partial charge in [-0.1, -0.05) is 119 Å². The largest absolute Gasteiger partial charge is 0.456 e. The van der Waals surface area contributed by atoms with Crippen LogP contribution in [0.1, 0.15) is 0 Å². The van der Waals surface area contributed by atoms with Gasteiger partial charge in [0.2, 0.25) is 0 Å². The lowest BCUT2D eigenvalue weighted by Gasteiger charge is -2.29. The van der Waals surface area contributed by atoms with Crippen molar-refractivity contribution in [3.8, 4) is 22.3 Å². The number of fused-ring (bicyclic) bond motifs is 14. The first-order valence-electron chi connectivity index (χ1n) is 19.5. The molecule has 10 aromatic carbocycles. The van der Waals surface area contributed by atoms with Gasteiger partial charge in [0.25, 0.3) is 0 Å². The van der Waals surface area contributed by atoms with E-state index >= 15 is 0 Å². The minimum atomic E-state index is 0.139. The maximum atomic E-state index is 7.22. The third-order valence-electron chi connectivity index (χ3n) is 12.6. The molecule has 2 nitrogen and oxygen atoms in total. The summed E-state index contributed by atoms with van der Waals surface area (Å²) < 4.78 is 13.3. The molecule has 0 saturated heterocycles. The number of benzene rings is 10. The fraction of sp³-hybridized carbons (Fsp3) is 0. The van der Waals surface area contributed by atoms with Gasteiger partial charge in [-0.3, -0.25) is 0 Å². The molecule has 60 heavy (non-hydrogen) atoms. The fourth-order valence-corrected chi connectivity index (χ4v) is 9.89. The molecule has 0 bridgehead atoms. The smallest absolute Gasteiger partial charge is 0.136 e. The van der Waals surface area contributed by atoms with Crippen LogP contribution in [0.2, 0.25) is 0 Å². The monoisotopic (exact) mass is 740 g/mol. The van der Waals surface area contributed by atoms with Crippen LogP contribution in [-0.2, 0) is 0 Å². The lowest BCUT2D eigenvalue weighted by Crippen LogP contribution is -2.50. The van der Waals surface area contributed by atoms with Crippen molar-refractivity contribution in [1.29, 1.82) is 0 Å². The highest BCUT2D eigenvalue weighted by Gasteiger charge is 2.28. The third-order valence-corrected chi connectivity index (χ3v) is 12.6. The molecular formula is C50H20B8O2. The summed E-state index contributed by atoms with van der Waals surface area (Å²) in [6.45, 7) is 0. The molecule has 2 heterocycles. The van der Waals surface area contributed by atoms with Gasteiger partial charge in [0, 0.05) is 21.5 Å². The van der Waals surface area contributed by atoms with E-state index in [0.717, 1.165) is 76.2 Å². The van der Waals surface area contributed by atoms with Crippen molar-refractivity contribution in [3.63, 3.8) is 0 Å². The molecule has 0 fully saturated rings. The van der Waals surface area contributed by atoms with Gasteiger partial charge in [-0.2, -0.15) is 0 Å². The second kappa shape index (κ2) is 12.6. The Labute approximate surface area is 354 Å². The highest BCUT2D eigenvalue weighted by Crippen LogP contribution is 2.49. The Kier molecular flexibility index (Phi) is 7.45. The van der Waals surface area contributed by atoms with Crippen molar-refractivity contribution < 1.29 is 8.83 Å². The molecule has 12 rings (SSSR count). The zero-order valence-corrected chi connectivity index (χ0v) is 32.0. The first-order chi connectivity index (χ1) is 29.1. The van der Waals surface area contributed by atoms with Crippen molar-refractivity contribution in [2.24, 2.45) is 0 Å². The van der Waals surface area contributed by atoms with Crippen LogP contribution in [0.3, 0.4) is 0 Å². The summed E-state index contributed by atoms with van der Waals surface area (Å²) in [7, 11) is 56.1. The van der Waals surface area contributed by atoms with Crippen LogP contribution in [0.4, 0.5) is 0 Å². The molecule has 0 aliphatic heterocycles. The first kappa shape index (κ1) is 35.6. The predicted molar refractivity (Wildman–Crippen MR) is 263 cm³/mol. The molecule has 0 spiro atoms. The van der Waals surface area contributed by atoms with Crippen molar-refractivity contribution >= 4 is 204 Å². The lowest BCUT2D eigenvalue weighted by molar-refractivity contribution is 0.669. The fourth-order valence-electron chi connectivity index (χ4n) is 9.89. The van der Waals surface area contributed by atoms with Crippen molar-refractivity contribution in [3.05, 3.63) is 121 Å². The minimum absolute atomic E-state index is 0.139. The van der Waals surface area contributed by atoms with Gasteiger partial charge in [0.15, 0.2) is 0 Å². The molecule has 10 heteroatoms. The molecular weight excluding hydrogens is 719 g/mol. The van der Waals surface area contributed by atoms with Gasteiger partial charge >= 0.3 is 0 Å². The molecule has 2 aromatic heterocycles. The van der Waals surface area contributed by atoms with E-state index in [2.05, 4.69) is 48.5 Å². The average molecular weight is 739 g/mol. The summed E-state index contributed by atoms with van der Waals surface area (Å²) in [5.74, 6) is 0. The SMILES string of the molecule is [B]c1c([B])c([B])c2c(-c3cc4oc5ccc6ccccc6c5c4c4ccccc34)c3c([B])c([B])c([B])c([B])c3c(-c3cc4oc5ccccc5c4c4ccccc34)c2c1[B]. The Morgan fingerprint density at radius 1 is 0.267 bits per heavy atom. The molecule has 0 amide bonds. The van der Waals surface area contributed by atoms with Crippen LogP contribution in [0.15, 0.2) is 130 Å². The van der Waals surface area contributed by atoms with E-state index in [-0.39, 0.29) is 43.7 Å². The highest BCUT2D eigenvalue weighted by molar-refractivity contribution is 6.71. The second-order valence-corrected chi connectivity index (χ2v) is 15.6. The summed E-state index contributed by atoms with van der Waals surface area (Å²) in [6.07, 6.45) is 0. The Bertz CT molecular complexity index is 3860. The maximum absolute atomic E-state index is 7.22. The number of hydrogen-bond donors (Lipinski definition) is 0. The minimum Gasteiger partial charge on any atom is -0.456 e. The predicted octanol–water partition coefficient (Wildman–Crippen LogP) is 4.94. The summed E-state index contributed by atoms with van der Waals surface area (Å²) in [6, 6.07) is 40.7. The molecule has 0 saturated carbocycles. The van der Waals surface area contributed by atoms with Crippen LogP contribution in [0.25, 0.3) is 120 Å².